The molecule has 8 nitrogen and oxygen atoms in total. The molecule has 0 radical (unpaired) electrons. The predicted octanol–water partition coefficient (Wildman–Crippen LogP) is -0.170. The van der Waals surface area contributed by atoms with Crippen LogP contribution in [0.3, 0.4) is 0 Å². The molecule has 0 aliphatic heterocycles. The second-order valence-corrected chi connectivity index (χ2v) is 6.18. The van der Waals surface area contributed by atoms with Crippen LogP contribution in [0, 0.1) is 0 Å². The van der Waals surface area contributed by atoms with Gasteiger partial charge in [0.05, 0.1) is 0 Å². The van der Waals surface area contributed by atoms with Gasteiger partial charge < -0.3 is 5.32 Å². The maximum absolute atomic E-state index is 12.0. The lowest BCUT2D eigenvalue weighted by molar-refractivity contribution is 0.574. The monoisotopic (exact) mass is 310 g/mol. The van der Waals surface area contributed by atoms with Gasteiger partial charge in [-0.25, -0.2) is 23.1 Å². The van der Waals surface area contributed by atoms with E-state index in [1.165, 1.54) is 12.4 Å². The van der Waals surface area contributed by atoms with E-state index in [2.05, 4.69) is 30.2 Å². The van der Waals surface area contributed by atoms with Crippen molar-refractivity contribution in [2.75, 3.05) is 13.6 Å². The van der Waals surface area contributed by atoms with Gasteiger partial charge in [0.25, 0.3) is 10.0 Å². The van der Waals surface area contributed by atoms with Gasteiger partial charge in [-0.1, -0.05) is 6.07 Å². The number of nitrogens with one attached hydrogen (secondary N) is 3. The van der Waals surface area contributed by atoms with E-state index in [1.54, 1.807) is 12.3 Å². The number of aromatic nitrogens is 4. The molecule has 0 atom stereocenters. The summed E-state index contributed by atoms with van der Waals surface area (Å²) in [6.07, 6.45) is 4.25. The van der Waals surface area contributed by atoms with Crippen molar-refractivity contribution in [3.05, 3.63) is 36.0 Å². The molecule has 114 valence electrons. The standard InChI is InChI=1S/C12H18N6O2S/c1-13-7-10-4-5-12(14-8-10)21(19,20)17-6-2-3-11-15-9-16-18-11/h4-5,8-9,13,17H,2-3,6-7H2,1H3,(H,15,16,18). The fourth-order valence-corrected chi connectivity index (χ4v) is 2.77. The van der Waals surface area contributed by atoms with Crippen molar-refractivity contribution < 1.29 is 8.42 Å². The lowest BCUT2D eigenvalue weighted by Gasteiger charge is -2.06. The molecule has 0 unspecified atom stereocenters. The van der Waals surface area contributed by atoms with Crippen LogP contribution >= 0.6 is 0 Å². The third kappa shape index (κ3) is 4.59. The number of hydrogen-bond donors (Lipinski definition) is 3. The van der Waals surface area contributed by atoms with Crippen molar-refractivity contribution in [3.63, 3.8) is 0 Å². The highest BCUT2D eigenvalue weighted by Crippen LogP contribution is 2.06. The van der Waals surface area contributed by atoms with E-state index < -0.39 is 10.0 Å². The molecule has 2 aromatic rings. The van der Waals surface area contributed by atoms with Gasteiger partial charge in [0, 0.05) is 25.7 Å². The Morgan fingerprint density at radius 3 is 2.76 bits per heavy atom. The minimum atomic E-state index is -3.56. The Morgan fingerprint density at radius 2 is 2.14 bits per heavy atom. The molecule has 2 heterocycles. The number of hydrogen-bond acceptors (Lipinski definition) is 6. The Bertz CT molecular complexity index is 639. The van der Waals surface area contributed by atoms with Gasteiger partial charge >= 0.3 is 0 Å². The summed E-state index contributed by atoms with van der Waals surface area (Å²) in [5.41, 5.74) is 0.932. The summed E-state index contributed by atoms with van der Waals surface area (Å²) in [5.74, 6) is 0.740. The number of aromatic amines is 1. The summed E-state index contributed by atoms with van der Waals surface area (Å²) in [6.45, 7) is 0.973. The Labute approximate surface area is 123 Å². The second-order valence-electron chi connectivity index (χ2n) is 4.47. The molecule has 0 saturated carbocycles. The summed E-state index contributed by atoms with van der Waals surface area (Å²) in [7, 11) is -1.74. The first kappa shape index (κ1) is 15.5. The summed E-state index contributed by atoms with van der Waals surface area (Å²) in [4.78, 5) is 7.95. The summed E-state index contributed by atoms with van der Waals surface area (Å²) in [6, 6.07) is 3.25. The zero-order valence-electron chi connectivity index (χ0n) is 11.7. The van der Waals surface area contributed by atoms with Gasteiger partial charge in [0.15, 0.2) is 5.03 Å². The Hall–Kier alpha value is -1.84. The molecule has 9 heteroatoms. The lowest BCUT2D eigenvalue weighted by Crippen LogP contribution is -2.26. The number of aryl methyl sites for hydroxylation is 1. The molecule has 0 aromatic carbocycles. The van der Waals surface area contributed by atoms with Crippen LogP contribution in [0.25, 0.3) is 0 Å². The van der Waals surface area contributed by atoms with Crippen molar-refractivity contribution >= 4 is 10.0 Å². The van der Waals surface area contributed by atoms with Crippen LogP contribution in [0.15, 0.2) is 29.7 Å². The first-order chi connectivity index (χ1) is 10.1. The second kappa shape index (κ2) is 7.25. The van der Waals surface area contributed by atoms with E-state index in [0.29, 0.717) is 25.9 Å². The molecule has 0 bridgehead atoms. The van der Waals surface area contributed by atoms with E-state index in [-0.39, 0.29) is 5.03 Å². The number of H-pyrrole nitrogens is 1. The number of pyridine rings is 1. The van der Waals surface area contributed by atoms with Crippen molar-refractivity contribution in [2.24, 2.45) is 0 Å². The molecule has 0 spiro atoms. The van der Waals surface area contributed by atoms with E-state index in [9.17, 15) is 8.42 Å². The minimum Gasteiger partial charge on any atom is -0.316 e. The molecule has 3 N–H and O–H groups in total. The van der Waals surface area contributed by atoms with Gasteiger partial charge in [-0.3, -0.25) is 5.10 Å². The quantitative estimate of drug-likeness (QED) is 0.584. The van der Waals surface area contributed by atoms with E-state index in [4.69, 9.17) is 0 Å². The van der Waals surface area contributed by atoms with Crippen LogP contribution in [0.5, 0.6) is 0 Å². The van der Waals surface area contributed by atoms with Gasteiger partial charge in [0.1, 0.15) is 12.2 Å². The van der Waals surface area contributed by atoms with Gasteiger partial charge in [-0.2, -0.15) is 5.10 Å². The van der Waals surface area contributed by atoms with Crippen LogP contribution in [-0.4, -0.2) is 42.2 Å². The fraction of sp³-hybridized carbons (Fsp3) is 0.417. The first-order valence-electron chi connectivity index (χ1n) is 6.55. The molecule has 0 amide bonds. The van der Waals surface area contributed by atoms with E-state index in [0.717, 1.165) is 11.4 Å². The average molecular weight is 310 g/mol. The topological polar surface area (TPSA) is 113 Å². The van der Waals surface area contributed by atoms with Crippen LogP contribution in [0.2, 0.25) is 0 Å². The van der Waals surface area contributed by atoms with Crippen molar-refractivity contribution in [1.29, 1.82) is 0 Å². The minimum absolute atomic E-state index is 0.0296. The molecule has 0 aliphatic rings. The molecule has 21 heavy (non-hydrogen) atoms. The maximum atomic E-state index is 12.0. The molecular weight excluding hydrogens is 292 g/mol. The Kier molecular flexibility index (Phi) is 5.37. The Morgan fingerprint density at radius 1 is 1.29 bits per heavy atom. The zero-order chi connectivity index (χ0) is 15.1. The SMILES string of the molecule is CNCc1ccc(S(=O)(=O)NCCCc2ncn[nH]2)nc1. The third-order valence-electron chi connectivity index (χ3n) is 2.80. The smallest absolute Gasteiger partial charge is 0.258 e. The number of nitrogens with zero attached hydrogens (tertiary/aromatic N) is 3. The van der Waals surface area contributed by atoms with Gasteiger partial charge in [-0.05, 0) is 25.1 Å². The van der Waals surface area contributed by atoms with Crippen LogP contribution in [0.1, 0.15) is 17.8 Å². The molecule has 2 rings (SSSR count). The average Bonchev–Trinajstić information content (AvgIpc) is 2.98. The van der Waals surface area contributed by atoms with E-state index in [1.807, 2.05) is 7.05 Å². The number of rotatable bonds is 8. The first-order valence-corrected chi connectivity index (χ1v) is 8.03. The van der Waals surface area contributed by atoms with Crippen molar-refractivity contribution in [1.82, 2.24) is 30.2 Å². The van der Waals surface area contributed by atoms with Crippen molar-refractivity contribution in [3.8, 4) is 0 Å². The van der Waals surface area contributed by atoms with Gasteiger partial charge in [0.2, 0.25) is 0 Å². The lowest BCUT2D eigenvalue weighted by atomic mass is 10.3. The largest absolute Gasteiger partial charge is 0.316 e. The molecule has 0 aliphatic carbocycles. The summed E-state index contributed by atoms with van der Waals surface area (Å²) in [5, 5.41) is 9.47. The highest BCUT2D eigenvalue weighted by Gasteiger charge is 2.14. The predicted molar refractivity (Wildman–Crippen MR) is 76.9 cm³/mol. The Balaban J connectivity index is 1.85. The number of sulfonamides is 1. The van der Waals surface area contributed by atoms with Crippen LogP contribution in [-0.2, 0) is 23.0 Å². The maximum Gasteiger partial charge on any atom is 0.258 e. The molecule has 0 fully saturated rings. The van der Waals surface area contributed by atoms with Gasteiger partial charge in [-0.15, -0.1) is 0 Å². The molecule has 0 saturated heterocycles. The summed E-state index contributed by atoms with van der Waals surface area (Å²) < 4.78 is 26.6. The molecular formula is C12H18N6O2S. The van der Waals surface area contributed by atoms with E-state index >= 15 is 0 Å². The highest BCUT2D eigenvalue weighted by atomic mass is 32.2. The molecule has 2 aromatic heterocycles. The summed E-state index contributed by atoms with van der Waals surface area (Å²) >= 11 is 0. The van der Waals surface area contributed by atoms with Crippen LogP contribution < -0.4 is 10.0 Å². The normalized spacial score (nSPS) is 11.7. The van der Waals surface area contributed by atoms with Crippen molar-refractivity contribution in [2.45, 2.75) is 24.4 Å². The fourth-order valence-electron chi connectivity index (χ4n) is 1.77. The zero-order valence-corrected chi connectivity index (χ0v) is 12.5. The third-order valence-corrected chi connectivity index (χ3v) is 4.18. The highest BCUT2D eigenvalue weighted by molar-refractivity contribution is 7.89. The van der Waals surface area contributed by atoms with Crippen LogP contribution in [0.4, 0.5) is 0 Å².